The number of anilines is 1. The van der Waals surface area contributed by atoms with Crippen LogP contribution in [0.5, 0.6) is 0 Å². The van der Waals surface area contributed by atoms with E-state index in [9.17, 15) is 4.79 Å². The monoisotopic (exact) mass is 543 g/mol. The molecule has 2 fully saturated rings. The third kappa shape index (κ3) is 5.10. The molecule has 0 bridgehead atoms. The number of likely N-dealkylation sites (tertiary alicyclic amines) is 1. The van der Waals surface area contributed by atoms with Gasteiger partial charge in [-0.3, -0.25) is 4.79 Å². The number of carbonyl (C=O) groups is 1. The number of nitrogens with zero attached hydrogens (tertiary/aromatic N) is 4. The third-order valence-corrected chi connectivity index (χ3v) is 8.17. The highest BCUT2D eigenvalue weighted by Gasteiger charge is 2.28. The molecule has 1 saturated heterocycles. The standard InChI is InChI=1S/C26H31BrClN5O/c27-21-17-30-33-24(15-23(31-25(21)33)20-9-5-6-10-22(20)28)29-16-18-11-13-32(14-12-18)26(34)19-7-3-1-2-4-8-19/h5-6,9-10,15,17-19,29H,1-4,7-8,11-14,16H2. The van der Waals surface area contributed by atoms with Crippen LogP contribution in [0.3, 0.4) is 0 Å². The maximum atomic E-state index is 13.0. The van der Waals surface area contributed by atoms with E-state index in [1.165, 1.54) is 25.7 Å². The molecule has 0 unspecified atom stereocenters. The first kappa shape index (κ1) is 23.6. The molecule has 1 saturated carbocycles. The minimum absolute atomic E-state index is 0.253. The van der Waals surface area contributed by atoms with Crippen LogP contribution in [0.2, 0.25) is 5.02 Å². The molecule has 0 spiro atoms. The van der Waals surface area contributed by atoms with Crippen LogP contribution in [-0.2, 0) is 4.79 Å². The van der Waals surface area contributed by atoms with E-state index in [0.29, 0.717) is 16.8 Å². The summed E-state index contributed by atoms with van der Waals surface area (Å²) in [7, 11) is 0. The second-order valence-electron chi connectivity index (χ2n) is 9.57. The van der Waals surface area contributed by atoms with Crippen LogP contribution >= 0.6 is 27.5 Å². The van der Waals surface area contributed by atoms with Gasteiger partial charge in [0, 0.05) is 42.2 Å². The van der Waals surface area contributed by atoms with Crippen molar-refractivity contribution in [2.75, 3.05) is 25.0 Å². The molecule has 6 nitrogen and oxygen atoms in total. The van der Waals surface area contributed by atoms with E-state index in [0.717, 1.165) is 72.5 Å². The molecule has 1 aliphatic heterocycles. The van der Waals surface area contributed by atoms with Crippen molar-refractivity contribution in [3.05, 3.63) is 46.0 Å². The topological polar surface area (TPSA) is 62.5 Å². The van der Waals surface area contributed by atoms with Gasteiger partial charge in [-0.1, -0.05) is 55.5 Å². The Bertz CT molecular complexity index is 1150. The third-order valence-electron chi connectivity index (χ3n) is 7.28. The van der Waals surface area contributed by atoms with Gasteiger partial charge in [-0.05, 0) is 53.6 Å². The number of hydrogen-bond donors (Lipinski definition) is 1. The molecule has 3 heterocycles. The fraction of sp³-hybridized carbons (Fsp3) is 0.500. The van der Waals surface area contributed by atoms with Gasteiger partial charge in [0.05, 0.1) is 16.4 Å². The lowest BCUT2D eigenvalue weighted by Gasteiger charge is -2.34. The highest BCUT2D eigenvalue weighted by Crippen LogP contribution is 2.31. The molecule has 2 aliphatic rings. The molecule has 2 aromatic heterocycles. The number of nitrogens with one attached hydrogen (secondary N) is 1. The summed E-state index contributed by atoms with van der Waals surface area (Å²) >= 11 is 10.0. The zero-order chi connectivity index (χ0) is 23.5. The van der Waals surface area contributed by atoms with E-state index < -0.39 is 0 Å². The zero-order valence-electron chi connectivity index (χ0n) is 19.4. The number of fused-ring (bicyclic) bond motifs is 1. The SMILES string of the molecule is O=C(C1CCCCCC1)N1CCC(CNc2cc(-c3ccccc3Cl)nc3c(Br)cnn23)CC1. The number of rotatable bonds is 5. The number of halogens is 2. The van der Waals surface area contributed by atoms with E-state index in [4.69, 9.17) is 16.6 Å². The molecule has 5 rings (SSSR count). The fourth-order valence-corrected chi connectivity index (χ4v) is 5.84. The van der Waals surface area contributed by atoms with Crippen molar-refractivity contribution in [1.29, 1.82) is 0 Å². The molecule has 0 atom stereocenters. The fourth-order valence-electron chi connectivity index (χ4n) is 5.26. The van der Waals surface area contributed by atoms with Crippen molar-refractivity contribution in [2.24, 2.45) is 11.8 Å². The predicted octanol–water partition coefficient (Wildman–Crippen LogP) is 6.43. The molecule has 1 aliphatic carbocycles. The molecule has 180 valence electrons. The van der Waals surface area contributed by atoms with Gasteiger partial charge >= 0.3 is 0 Å². The Morgan fingerprint density at radius 3 is 2.56 bits per heavy atom. The van der Waals surface area contributed by atoms with E-state index in [-0.39, 0.29) is 5.92 Å². The number of hydrogen-bond acceptors (Lipinski definition) is 4. The van der Waals surface area contributed by atoms with Crippen LogP contribution in [-0.4, -0.2) is 45.0 Å². The van der Waals surface area contributed by atoms with E-state index in [2.05, 4.69) is 31.2 Å². The number of aromatic nitrogens is 3. The molecule has 0 radical (unpaired) electrons. The Balaban J connectivity index is 1.25. The lowest BCUT2D eigenvalue weighted by Crippen LogP contribution is -2.42. The van der Waals surface area contributed by atoms with Crippen LogP contribution < -0.4 is 5.32 Å². The number of amides is 1. The molecule has 34 heavy (non-hydrogen) atoms. The average molecular weight is 545 g/mol. The van der Waals surface area contributed by atoms with Gasteiger partial charge in [0.15, 0.2) is 5.65 Å². The van der Waals surface area contributed by atoms with Crippen molar-refractivity contribution in [1.82, 2.24) is 19.5 Å². The summed E-state index contributed by atoms with van der Waals surface area (Å²) in [4.78, 5) is 19.9. The summed E-state index contributed by atoms with van der Waals surface area (Å²) in [5.41, 5.74) is 2.46. The van der Waals surface area contributed by atoms with E-state index >= 15 is 0 Å². The van der Waals surface area contributed by atoms with Crippen LogP contribution in [0.25, 0.3) is 16.9 Å². The highest BCUT2D eigenvalue weighted by atomic mass is 79.9. The zero-order valence-corrected chi connectivity index (χ0v) is 21.7. The van der Waals surface area contributed by atoms with Gasteiger partial charge in [0.25, 0.3) is 0 Å². The minimum Gasteiger partial charge on any atom is -0.370 e. The highest BCUT2D eigenvalue weighted by molar-refractivity contribution is 9.10. The summed E-state index contributed by atoms with van der Waals surface area (Å²) in [5.74, 6) is 2.06. The number of carbonyl (C=O) groups excluding carboxylic acids is 1. The van der Waals surface area contributed by atoms with E-state index in [1.54, 1.807) is 6.20 Å². The van der Waals surface area contributed by atoms with Gasteiger partial charge in [0.2, 0.25) is 5.91 Å². The quantitative estimate of drug-likeness (QED) is 0.376. The second-order valence-corrected chi connectivity index (χ2v) is 10.8. The Morgan fingerprint density at radius 2 is 1.82 bits per heavy atom. The van der Waals surface area contributed by atoms with Gasteiger partial charge in [0.1, 0.15) is 5.82 Å². The van der Waals surface area contributed by atoms with Gasteiger partial charge in [-0.2, -0.15) is 9.61 Å². The normalized spacial score (nSPS) is 18.2. The Labute approximate surface area is 214 Å². The van der Waals surface area contributed by atoms with Crippen LogP contribution in [0, 0.1) is 11.8 Å². The summed E-state index contributed by atoms with van der Waals surface area (Å²) in [6.45, 7) is 2.57. The first-order valence-electron chi connectivity index (χ1n) is 12.4. The van der Waals surface area contributed by atoms with Gasteiger partial charge in [-0.15, -0.1) is 0 Å². The van der Waals surface area contributed by atoms with Crippen molar-refractivity contribution in [3.8, 4) is 11.3 Å². The van der Waals surface area contributed by atoms with Crippen molar-refractivity contribution in [3.63, 3.8) is 0 Å². The minimum atomic E-state index is 0.253. The molecule has 1 amide bonds. The smallest absolute Gasteiger partial charge is 0.225 e. The van der Waals surface area contributed by atoms with Gasteiger partial charge < -0.3 is 10.2 Å². The maximum absolute atomic E-state index is 13.0. The van der Waals surface area contributed by atoms with Crippen molar-refractivity contribution >= 4 is 44.9 Å². The summed E-state index contributed by atoms with van der Waals surface area (Å²) in [5, 5.41) is 8.77. The lowest BCUT2D eigenvalue weighted by molar-refractivity contribution is -0.137. The molecule has 1 N–H and O–H groups in total. The summed E-state index contributed by atoms with van der Waals surface area (Å²) in [6, 6.07) is 9.76. The van der Waals surface area contributed by atoms with Crippen molar-refractivity contribution in [2.45, 2.75) is 51.4 Å². The second kappa shape index (κ2) is 10.6. The summed E-state index contributed by atoms with van der Waals surface area (Å²) in [6.07, 6.45) is 10.9. The van der Waals surface area contributed by atoms with E-state index in [1.807, 2.05) is 34.8 Å². The maximum Gasteiger partial charge on any atom is 0.225 e. The summed E-state index contributed by atoms with van der Waals surface area (Å²) < 4.78 is 2.67. The Morgan fingerprint density at radius 1 is 1.09 bits per heavy atom. The first-order chi connectivity index (χ1) is 16.6. The Kier molecular flexibility index (Phi) is 7.40. The van der Waals surface area contributed by atoms with Gasteiger partial charge in [-0.25, -0.2) is 4.98 Å². The predicted molar refractivity (Wildman–Crippen MR) is 140 cm³/mol. The number of benzene rings is 1. The molecular weight excluding hydrogens is 514 g/mol. The molecule has 3 aromatic rings. The Hall–Kier alpha value is -2.12. The van der Waals surface area contributed by atoms with Crippen molar-refractivity contribution < 1.29 is 4.79 Å². The van der Waals surface area contributed by atoms with Crippen LogP contribution in [0.1, 0.15) is 51.4 Å². The number of piperidine rings is 1. The average Bonchev–Trinajstić information content (AvgIpc) is 3.06. The molecular formula is C26H31BrClN5O. The molecule has 1 aromatic carbocycles. The van der Waals surface area contributed by atoms with Crippen LogP contribution in [0.4, 0.5) is 5.82 Å². The lowest BCUT2D eigenvalue weighted by atomic mass is 9.93. The molecule has 8 heteroatoms. The first-order valence-corrected chi connectivity index (χ1v) is 13.6. The largest absolute Gasteiger partial charge is 0.370 e. The van der Waals surface area contributed by atoms with Crippen LogP contribution in [0.15, 0.2) is 41.0 Å².